The third-order valence-electron chi connectivity index (χ3n) is 6.26. The zero-order valence-electron chi connectivity index (χ0n) is 17.6. The Hall–Kier alpha value is -3.42. The van der Waals surface area contributed by atoms with E-state index in [1.165, 1.54) is 19.6 Å². The Labute approximate surface area is 178 Å². The molecule has 31 heavy (non-hydrogen) atoms. The summed E-state index contributed by atoms with van der Waals surface area (Å²) in [4.78, 5) is 25.9. The molecule has 1 aliphatic carbocycles. The fraction of sp³-hybridized carbons (Fsp3) is 0.429. The molecule has 0 radical (unpaired) electrons. The molecule has 10 nitrogen and oxygen atoms in total. The summed E-state index contributed by atoms with van der Waals surface area (Å²) in [6.45, 7) is 3.47. The van der Waals surface area contributed by atoms with E-state index < -0.39 is 29.6 Å². The van der Waals surface area contributed by atoms with Gasteiger partial charge in [-0.25, -0.2) is 15.0 Å². The maximum absolute atomic E-state index is 12.6. The molecule has 3 aromatic heterocycles. The number of amides is 1. The highest BCUT2D eigenvalue weighted by Gasteiger charge is 2.59. The summed E-state index contributed by atoms with van der Waals surface area (Å²) in [5.74, 6) is 6.17. The van der Waals surface area contributed by atoms with Gasteiger partial charge in [-0.1, -0.05) is 6.92 Å². The van der Waals surface area contributed by atoms with Crippen LogP contribution in [0.3, 0.4) is 0 Å². The number of nitrogens with zero attached hydrogens (tertiary/aromatic N) is 4. The van der Waals surface area contributed by atoms with Crippen LogP contribution in [-0.4, -0.2) is 61.9 Å². The Bertz CT molecular complexity index is 1180. The van der Waals surface area contributed by atoms with Crippen LogP contribution in [0.25, 0.3) is 11.2 Å². The number of carbonyl (C=O) groups excluding carboxylic acids is 1. The molecular formula is C21H24N6O4. The van der Waals surface area contributed by atoms with Crippen LogP contribution in [-0.2, 0) is 4.79 Å². The minimum absolute atomic E-state index is 0.241. The van der Waals surface area contributed by atoms with Gasteiger partial charge in [-0.2, -0.15) is 0 Å². The Morgan fingerprint density at radius 2 is 2.06 bits per heavy atom. The molecule has 3 aromatic rings. The van der Waals surface area contributed by atoms with Crippen molar-refractivity contribution in [2.24, 2.45) is 11.3 Å². The lowest BCUT2D eigenvalue weighted by Crippen LogP contribution is -2.47. The molecule has 0 bridgehead atoms. The van der Waals surface area contributed by atoms with Crippen molar-refractivity contribution in [1.29, 1.82) is 0 Å². The topological polar surface area (TPSA) is 138 Å². The molecule has 162 valence electrons. The first-order valence-corrected chi connectivity index (χ1v) is 9.89. The van der Waals surface area contributed by atoms with Crippen molar-refractivity contribution in [2.45, 2.75) is 32.1 Å². The van der Waals surface area contributed by atoms with Gasteiger partial charge >= 0.3 is 0 Å². The summed E-state index contributed by atoms with van der Waals surface area (Å²) in [7, 11) is 3.22. The molecule has 1 amide bonds. The SMILES string of the molecule is CNC(=O)C1(C)[C@H](C)[C@@H](n2cnc3c(NC)nc(C#Cc4ccco4)nc32)[C@H](O)[C@@H]1O. The molecule has 1 saturated carbocycles. The van der Waals surface area contributed by atoms with E-state index in [1.807, 2.05) is 6.92 Å². The summed E-state index contributed by atoms with van der Waals surface area (Å²) in [5, 5.41) is 27.2. The van der Waals surface area contributed by atoms with Crippen LogP contribution in [0.4, 0.5) is 5.82 Å². The van der Waals surface area contributed by atoms with Gasteiger partial charge in [0.2, 0.25) is 11.7 Å². The number of carbonyl (C=O) groups is 1. The predicted octanol–water partition coefficient (Wildman–Crippen LogP) is 0.526. The van der Waals surface area contributed by atoms with Crippen molar-refractivity contribution >= 4 is 22.9 Å². The second-order valence-corrected chi connectivity index (χ2v) is 7.77. The average Bonchev–Trinajstić information content (AvgIpc) is 3.48. The fourth-order valence-corrected chi connectivity index (χ4v) is 4.31. The van der Waals surface area contributed by atoms with E-state index in [9.17, 15) is 15.0 Å². The van der Waals surface area contributed by atoms with Gasteiger partial charge < -0.3 is 29.8 Å². The molecule has 0 spiro atoms. The highest BCUT2D eigenvalue weighted by atomic mass is 16.3. The van der Waals surface area contributed by atoms with Crippen molar-refractivity contribution < 1.29 is 19.4 Å². The van der Waals surface area contributed by atoms with Crippen molar-refractivity contribution in [3.8, 4) is 11.8 Å². The molecule has 4 rings (SSSR count). The first-order valence-electron chi connectivity index (χ1n) is 9.89. The number of furan rings is 1. The lowest BCUT2D eigenvalue weighted by molar-refractivity contribution is -0.139. The van der Waals surface area contributed by atoms with Gasteiger partial charge in [0.1, 0.15) is 6.10 Å². The molecule has 0 aliphatic heterocycles. The third-order valence-corrected chi connectivity index (χ3v) is 6.26. The average molecular weight is 424 g/mol. The minimum Gasteiger partial charge on any atom is -0.456 e. The number of aliphatic hydroxyl groups excluding tert-OH is 2. The van der Waals surface area contributed by atoms with Crippen LogP contribution in [0.15, 0.2) is 29.1 Å². The second-order valence-electron chi connectivity index (χ2n) is 7.77. The van der Waals surface area contributed by atoms with Gasteiger partial charge in [0.25, 0.3) is 0 Å². The molecule has 4 N–H and O–H groups in total. The Morgan fingerprint density at radius 3 is 2.71 bits per heavy atom. The maximum atomic E-state index is 12.6. The zero-order valence-corrected chi connectivity index (χ0v) is 17.6. The van der Waals surface area contributed by atoms with E-state index in [-0.39, 0.29) is 11.7 Å². The molecule has 0 saturated heterocycles. The molecular weight excluding hydrogens is 400 g/mol. The first kappa shape index (κ1) is 20.8. The number of aliphatic hydroxyl groups is 2. The van der Waals surface area contributed by atoms with Crippen LogP contribution in [0.5, 0.6) is 0 Å². The number of fused-ring (bicyclic) bond motifs is 1. The number of nitrogens with one attached hydrogen (secondary N) is 2. The van der Waals surface area contributed by atoms with Crippen LogP contribution >= 0.6 is 0 Å². The van der Waals surface area contributed by atoms with Crippen molar-refractivity contribution in [3.05, 3.63) is 36.3 Å². The molecule has 1 fully saturated rings. The van der Waals surface area contributed by atoms with Gasteiger partial charge in [0.15, 0.2) is 22.7 Å². The fourth-order valence-electron chi connectivity index (χ4n) is 4.31. The van der Waals surface area contributed by atoms with Gasteiger partial charge in [-0.05, 0) is 36.8 Å². The summed E-state index contributed by atoms with van der Waals surface area (Å²) >= 11 is 0. The number of aromatic nitrogens is 4. The van der Waals surface area contributed by atoms with Gasteiger partial charge in [-0.15, -0.1) is 0 Å². The van der Waals surface area contributed by atoms with E-state index in [1.54, 1.807) is 30.7 Å². The summed E-state index contributed by atoms with van der Waals surface area (Å²) in [6.07, 6.45) is 0.616. The van der Waals surface area contributed by atoms with Crippen LogP contribution < -0.4 is 10.6 Å². The molecule has 3 heterocycles. The lowest BCUT2D eigenvalue weighted by Gasteiger charge is -2.31. The first-order chi connectivity index (χ1) is 14.8. The lowest BCUT2D eigenvalue weighted by atomic mass is 9.77. The molecule has 5 atom stereocenters. The molecule has 10 heteroatoms. The molecule has 1 unspecified atom stereocenters. The molecule has 1 aliphatic rings. The van der Waals surface area contributed by atoms with E-state index in [4.69, 9.17) is 4.42 Å². The van der Waals surface area contributed by atoms with E-state index in [0.717, 1.165) is 0 Å². The van der Waals surface area contributed by atoms with Crippen LogP contribution in [0.2, 0.25) is 0 Å². The standard InChI is InChI=1S/C21H24N6O4/c1-11-15(16(28)17(29)21(11,2)20(30)23-4)27-10-24-14-18(22-3)25-13(26-19(14)27)8-7-12-6-5-9-31-12/h5-6,9-11,15-17,28-29H,1-4H3,(H,23,30)(H,22,25,26)/t11-,15-,16+,17+,21?/m1/s1. The van der Waals surface area contributed by atoms with E-state index >= 15 is 0 Å². The number of hydrogen-bond donors (Lipinski definition) is 4. The zero-order chi connectivity index (χ0) is 22.3. The van der Waals surface area contributed by atoms with E-state index in [0.29, 0.717) is 22.7 Å². The van der Waals surface area contributed by atoms with Crippen molar-refractivity contribution in [2.75, 3.05) is 19.4 Å². The normalized spacial score (nSPS) is 27.7. The monoisotopic (exact) mass is 424 g/mol. The minimum atomic E-state index is -1.26. The van der Waals surface area contributed by atoms with Crippen molar-refractivity contribution in [1.82, 2.24) is 24.8 Å². The Balaban J connectivity index is 1.83. The quantitative estimate of drug-likeness (QED) is 0.447. The number of imidazole rings is 1. The summed E-state index contributed by atoms with van der Waals surface area (Å²) in [5.41, 5.74) is -0.253. The van der Waals surface area contributed by atoms with Crippen molar-refractivity contribution in [3.63, 3.8) is 0 Å². The molecule has 0 aromatic carbocycles. The van der Waals surface area contributed by atoms with E-state index in [2.05, 4.69) is 37.4 Å². The number of hydrogen-bond acceptors (Lipinski definition) is 8. The number of rotatable bonds is 3. The Kier molecular flexibility index (Phi) is 5.16. The van der Waals surface area contributed by atoms with Crippen LogP contribution in [0.1, 0.15) is 31.5 Å². The summed E-state index contributed by atoms with van der Waals surface area (Å²) in [6, 6.07) is 2.83. The summed E-state index contributed by atoms with van der Waals surface area (Å²) < 4.78 is 6.91. The smallest absolute Gasteiger partial charge is 0.228 e. The van der Waals surface area contributed by atoms with Gasteiger partial charge in [0, 0.05) is 14.1 Å². The highest BCUT2D eigenvalue weighted by molar-refractivity contribution is 5.85. The highest BCUT2D eigenvalue weighted by Crippen LogP contribution is 2.50. The number of anilines is 1. The third kappa shape index (κ3) is 3.13. The second kappa shape index (κ2) is 7.68. The Morgan fingerprint density at radius 1 is 1.29 bits per heavy atom. The predicted molar refractivity (Wildman–Crippen MR) is 112 cm³/mol. The van der Waals surface area contributed by atoms with Gasteiger partial charge in [0.05, 0.1) is 30.2 Å². The van der Waals surface area contributed by atoms with Crippen LogP contribution in [0, 0.1) is 23.2 Å². The maximum Gasteiger partial charge on any atom is 0.228 e. The largest absolute Gasteiger partial charge is 0.456 e. The van der Waals surface area contributed by atoms with Gasteiger partial charge in [-0.3, -0.25) is 4.79 Å².